The van der Waals surface area contributed by atoms with Gasteiger partial charge in [0.25, 0.3) is 0 Å². The molecule has 140 valence electrons. The summed E-state index contributed by atoms with van der Waals surface area (Å²) in [6.45, 7) is 4.14. The minimum atomic E-state index is -0.135. The fourth-order valence-corrected chi connectivity index (χ4v) is 3.09. The van der Waals surface area contributed by atoms with E-state index in [1.54, 1.807) is 36.1 Å². The van der Waals surface area contributed by atoms with E-state index in [0.717, 1.165) is 19.3 Å². The molecule has 0 saturated carbocycles. The summed E-state index contributed by atoms with van der Waals surface area (Å²) < 4.78 is 0. The highest BCUT2D eigenvalue weighted by atomic mass is 16.2. The topological polar surface area (TPSA) is 66.5 Å². The number of allylic oxidation sites excluding steroid dienone is 1. The van der Waals surface area contributed by atoms with Crippen LogP contribution in [0.3, 0.4) is 0 Å². The molecule has 0 heterocycles. The maximum atomic E-state index is 12.1. The van der Waals surface area contributed by atoms with Gasteiger partial charge in [0.2, 0.25) is 11.8 Å². The number of carbonyl (C=O) groups is 3. The highest BCUT2D eigenvalue weighted by molar-refractivity contribution is 5.95. The molecule has 0 saturated heterocycles. The largest absolute Gasteiger partial charge is 0.342 e. The van der Waals surface area contributed by atoms with Crippen molar-refractivity contribution in [1.29, 1.82) is 0 Å². The second kappa shape index (κ2) is 9.90. The summed E-state index contributed by atoms with van der Waals surface area (Å²) >= 11 is 0. The second-order valence-corrected chi connectivity index (χ2v) is 6.80. The first-order valence-corrected chi connectivity index (χ1v) is 9.30. The highest BCUT2D eigenvalue weighted by Gasteiger charge is 2.13. The highest BCUT2D eigenvalue weighted by Crippen LogP contribution is 2.20. The van der Waals surface area contributed by atoms with Crippen molar-refractivity contribution >= 4 is 23.3 Å². The van der Waals surface area contributed by atoms with Gasteiger partial charge in [-0.2, -0.15) is 0 Å². The normalized spacial score (nSPS) is 13.7. The molecule has 1 aliphatic carbocycles. The van der Waals surface area contributed by atoms with E-state index in [-0.39, 0.29) is 24.0 Å². The molecule has 0 aromatic heterocycles. The number of anilines is 1. The van der Waals surface area contributed by atoms with Gasteiger partial charge in [-0.15, -0.1) is 0 Å². The zero-order chi connectivity index (χ0) is 18.9. The van der Waals surface area contributed by atoms with Gasteiger partial charge in [-0.25, -0.2) is 0 Å². The number of nitrogens with zero attached hydrogens (tertiary/aromatic N) is 1. The van der Waals surface area contributed by atoms with Gasteiger partial charge in [-0.05, 0) is 63.3 Å². The lowest BCUT2D eigenvalue weighted by atomic mass is 9.97. The Kier molecular flexibility index (Phi) is 7.57. The zero-order valence-corrected chi connectivity index (χ0v) is 15.7. The summed E-state index contributed by atoms with van der Waals surface area (Å²) in [4.78, 5) is 37.0. The van der Waals surface area contributed by atoms with Crippen LogP contribution < -0.4 is 5.32 Å². The maximum Gasteiger partial charge on any atom is 0.226 e. The number of hydrogen-bond acceptors (Lipinski definition) is 3. The van der Waals surface area contributed by atoms with Gasteiger partial charge in [0.1, 0.15) is 0 Å². The molecule has 0 aliphatic heterocycles. The van der Waals surface area contributed by atoms with Crippen LogP contribution in [0.2, 0.25) is 0 Å². The fourth-order valence-electron chi connectivity index (χ4n) is 3.09. The van der Waals surface area contributed by atoms with E-state index in [1.807, 2.05) is 0 Å². The van der Waals surface area contributed by atoms with Crippen molar-refractivity contribution in [3.05, 3.63) is 41.5 Å². The van der Waals surface area contributed by atoms with Crippen molar-refractivity contribution in [3.8, 4) is 0 Å². The Morgan fingerprint density at radius 1 is 1.04 bits per heavy atom. The third-order valence-corrected chi connectivity index (χ3v) is 4.72. The monoisotopic (exact) mass is 356 g/mol. The molecule has 0 spiro atoms. The second-order valence-electron chi connectivity index (χ2n) is 6.80. The van der Waals surface area contributed by atoms with Crippen LogP contribution in [-0.2, 0) is 9.59 Å². The van der Waals surface area contributed by atoms with Gasteiger partial charge in [-0.3, -0.25) is 14.4 Å². The van der Waals surface area contributed by atoms with Gasteiger partial charge in [-0.1, -0.05) is 11.6 Å². The molecule has 0 atom stereocenters. The van der Waals surface area contributed by atoms with Crippen molar-refractivity contribution in [1.82, 2.24) is 4.90 Å². The summed E-state index contributed by atoms with van der Waals surface area (Å²) in [7, 11) is 0. The third kappa shape index (κ3) is 6.47. The molecule has 5 heteroatoms. The van der Waals surface area contributed by atoms with Gasteiger partial charge in [0, 0.05) is 37.7 Å². The first kappa shape index (κ1) is 19.9. The van der Waals surface area contributed by atoms with Crippen LogP contribution in [-0.4, -0.2) is 35.6 Å². The number of nitrogens with one attached hydrogen (secondary N) is 1. The van der Waals surface area contributed by atoms with Crippen LogP contribution in [0.15, 0.2) is 35.9 Å². The van der Waals surface area contributed by atoms with E-state index >= 15 is 0 Å². The summed E-state index contributed by atoms with van der Waals surface area (Å²) in [5.74, 6) is -0.142. The molecule has 2 amide bonds. The van der Waals surface area contributed by atoms with Crippen LogP contribution in [0.1, 0.15) is 62.7 Å². The maximum absolute atomic E-state index is 12.1. The molecule has 5 nitrogen and oxygen atoms in total. The van der Waals surface area contributed by atoms with E-state index in [9.17, 15) is 14.4 Å². The smallest absolute Gasteiger partial charge is 0.226 e. The molecule has 1 N–H and O–H groups in total. The Labute approximate surface area is 155 Å². The van der Waals surface area contributed by atoms with Crippen LogP contribution in [0.4, 0.5) is 5.69 Å². The molecule has 0 bridgehead atoms. The van der Waals surface area contributed by atoms with E-state index < -0.39 is 0 Å². The quantitative estimate of drug-likeness (QED) is 0.566. The molecule has 1 aromatic rings. The SMILES string of the molecule is CC(=O)c1ccc(NC(=O)CCN(CCC2=CCCCC2)C(C)=O)cc1. The number of ketones is 1. The molecule has 0 radical (unpaired) electrons. The molecule has 0 unspecified atom stereocenters. The van der Waals surface area contributed by atoms with Gasteiger partial charge >= 0.3 is 0 Å². The summed E-state index contributed by atoms with van der Waals surface area (Å²) in [6, 6.07) is 6.81. The summed E-state index contributed by atoms with van der Waals surface area (Å²) in [6.07, 6.45) is 8.20. The molecule has 2 rings (SSSR count). The molecule has 26 heavy (non-hydrogen) atoms. The first-order chi connectivity index (χ1) is 12.5. The van der Waals surface area contributed by atoms with Crippen molar-refractivity contribution < 1.29 is 14.4 Å². The van der Waals surface area contributed by atoms with Crippen molar-refractivity contribution in [3.63, 3.8) is 0 Å². The van der Waals surface area contributed by atoms with Crippen molar-refractivity contribution in [2.24, 2.45) is 0 Å². The lowest BCUT2D eigenvalue weighted by molar-refractivity contribution is -0.129. The third-order valence-electron chi connectivity index (χ3n) is 4.72. The number of amides is 2. The van der Waals surface area contributed by atoms with E-state index in [2.05, 4.69) is 11.4 Å². The number of rotatable bonds is 8. The Morgan fingerprint density at radius 3 is 2.35 bits per heavy atom. The van der Waals surface area contributed by atoms with E-state index in [0.29, 0.717) is 24.3 Å². The van der Waals surface area contributed by atoms with Crippen LogP contribution >= 0.6 is 0 Å². The van der Waals surface area contributed by atoms with Gasteiger partial charge in [0.15, 0.2) is 5.78 Å². The van der Waals surface area contributed by atoms with E-state index in [4.69, 9.17) is 0 Å². The predicted octanol–water partition coefficient (Wildman–Crippen LogP) is 3.96. The number of benzene rings is 1. The Morgan fingerprint density at radius 2 is 1.77 bits per heavy atom. The number of Topliss-reactive ketones (excluding diaryl/α,β-unsaturated/α-hetero) is 1. The standard InChI is InChI=1S/C21H28N2O3/c1-16(24)19-8-10-20(11-9-19)22-21(26)13-15-23(17(2)25)14-12-18-6-4-3-5-7-18/h6,8-11H,3-5,7,12-15H2,1-2H3,(H,22,26). The number of carbonyl (C=O) groups excluding carboxylic acids is 3. The first-order valence-electron chi connectivity index (χ1n) is 9.30. The predicted molar refractivity (Wildman–Crippen MR) is 103 cm³/mol. The molecule has 1 aliphatic rings. The summed E-state index contributed by atoms with van der Waals surface area (Å²) in [5.41, 5.74) is 2.70. The van der Waals surface area contributed by atoms with Gasteiger partial charge < -0.3 is 10.2 Å². The lowest BCUT2D eigenvalue weighted by Crippen LogP contribution is -2.33. The van der Waals surface area contributed by atoms with Gasteiger partial charge in [0.05, 0.1) is 0 Å². The molecule has 0 fully saturated rings. The van der Waals surface area contributed by atoms with E-state index in [1.165, 1.54) is 25.3 Å². The molecular weight excluding hydrogens is 328 g/mol. The minimum absolute atomic E-state index is 0.0000190. The lowest BCUT2D eigenvalue weighted by Gasteiger charge is -2.22. The average molecular weight is 356 g/mol. The zero-order valence-electron chi connectivity index (χ0n) is 15.7. The summed E-state index contributed by atoms with van der Waals surface area (Å²) in [5, 5.41) is 2.81. The Balaban J connectivity index is 1.79. The number of hydrogen-bond donors (Lipinski definition) is 1. The molecular formula is C21H28N2O3. The minimum Gasteiger partial charge on any atom is -0.342 e. The Hall–Kier alpha value is -2.43. The average Bonchev–Trinajstić information content (AvgIpc) is 2.62. The fraction of sp³-hybridized carbons (Fsp3) is 0.476. The van der Waals surface area contributed by atoms with Crippen LogP contribution in [0.25, 0.3) is 0 Å². The Bertz CT molecular complexity index is 677. The van der Waals surface area contributed by atoms with Crippen LogP contribution in [0, 0.1) is 0 Å². The van der Waals surface area contributed by atoms with Crippen LogP contribution in [0.5, 0.6) is 0 Å². The molecule has 1 aromatic carbocycles. The van der Waals surface area contributed by atoms with Crippen molar-refractivity contribution in [2.75, 3.05) is 18.4 Å². The van der Waals surface area contributed by atoms with Crippen molar-refractivity contribution in [2.45, 2.75) is 52.4 Å².